The summed E-state index contributed by atoms with van der Waals surface area (Å²) < 4.78 is 13.6. The lowest BCUT2D eigenvalue weighted by Gasteiger charge is -2.29. The summed E-state index contributed by atoms with van der Waals surface area (Å²) in [5.41, 5.74) is 0.892. The molecule has 7 heteroatoms. The molecular weight excluding hydrogens is 381 g/mol. The van der Waals surface area contributed by atoms with Crippen molar-refractivity contribution in [3.05, 3.63) is 70.5 Å². The lowest BCUT2D eigenvalue weighted by atomic mass is 10.1. The Morgan fingerprint density at radius 1 is 1.04 bits per heavy atom. The van der Waals surface area contributed by atoms with Crippen molar-refractivity contribution in [1.29, 1.82) is 0 Å². The van der Waals surface area contributed by atoms with Crippen LogP contribution in [0.25, 0.3) is 0 Å². The van der Waals surface area contributed by atoms with Gasteiger partial charge in [0.2, 0.25) is 5.91 Å². The van der Waals surface area contributed by atoms with Crippen LogP contribution < -0.4 is 10.6 Å². The molecule has 2 N–H and O–H groups in total. The minimum Gasteiger partial charge on any atom is -0.353 e. The molecule has 1 atom stereocenters. The van der Waals surface area contributed by atoms with Crippen LogP contribution in [0.1, 0.15) is 34.8 Å². The van der Waals surface area contributed by atoms with Crippen molar-refractivity contribution in [3.8, 4) is 0 Å². The number of rotatable bonds is 7. The monoisotopic (exact) mass is 403 g/mol. The van der Waals surface area contributed by atoms with Gasteiger partial charge in [-0.1, -0.05) is 41.9 Å². The quantitative estimate of drug-likeness (QED) is 0.746. The maximum atomic E-state index is 13.6. The molecule has 148 valence electrons. The predicted octanol–water partition coefficient (Wildman–Crippen LogP) is 3.16. The summed E-state index contributed by atoms with van der Waals surface area (Å²) >= 11 is 6.37. The van der Waals surface area contributed by atoms with E-state index < -0.39 is 11.7 Å². The van der Waals surface area contributed by atoms with Gasteiger partial charge in [-0.2, -0.15) is 0 Å². The fourth-order valence-electron chi connectivity index (χ4n) is 3.41. The molecule has 1 unspecified atom stereocenters. The third-order valence-corrected chi connectivity index (χ3v) is 5.21. The SMILES string of the molecule is O=C(CNC(=O)c1ccccc1F)NCC(c1ccccc1Cl)N1CCCC1. The van der Waals surface area contributed by atoms with E-state index in [2.05, 4.69) is 15.5 Å². The van der Waals surface area contributed by atoms with Crippen LogP contribution in [-0.2, 0) is 4.79 Å². The van der Waals surface area contributed by atoms with Gasteiger partial charge < -0.3 is 10.6 Å². The van der Waals surface area contributed by atoms with Crippen LogP contribution in [0.3, 0.4) is 0 Å². The standard InChI is InChI=1S/C21H23ClFN3O2/c22-17-9-3-1-7-15(17)19(26-11-5-6-12-26)13-24-20(27)14-25-21(28)16-8-2-4-10-18(16)23/h1-4,7-10,19H,5-6,11-14H2,(H,24,27)(H,25,28). The highest BCUT2D eigenvalue weighted by Gasteiger charge is 2.25. The summed E-state index contributed by atoms with van der Waals surface area (Å²) in [5, 5.41) is 5.98. The topological polar surface area (TPSA) is 61.4 Å². The summed E-state index contributed by atoms with van der Waals surface area (Å²) in [5.74, 6) is -1.57. The summed E-state index contributed by atoms with van der Waals surface area (Å²) in [6.45, 7) is 2.08. The van der Waals surface area contributed by atoms with Crippen molar-refractivity contribution in [3.63, 3.8) is 0 Å². The average molecular weight is 404 g/mol. The maximum absolute atomic E-state index is 13.6. The van der Waals surface area contributed by atoms with Gasteiger partial charge in [0.15, 0.2) is 0 Å². The molecular formula is C21H23ClFN3O2. The van der Waals surface area contributed by atoms with Crippen molar-refractivity contribution < 1.29 is 14.0 Å². The van der Waals surface area contributed by atoms with E-state index in [4.69, 9.17) is 11.6 Å². The molecule has 0 radical (unpaired) electrons. The zero-order valence-electron chi connectivity index (χ0n) is 15.5. The van der Waals surface area contributed by atoms with Gasteiger partial charge >= 0.3 is 0 Å². The predicted molar refractivity (Wildman–Crippen MR) is 107 cm³/mol. The van der Waals surface area contributed by atoms with Crippen molar-refractivity contribution in [2.75, 3.05) is 26.2 Å². The number of halogens is 2. The zero-order valence-corrected chi connectivity index (χ0v) is 16.2. The molecule has 2 amide bonds. The third kappa shape index (κ3) is 5.09. The van der Waals surface area contributed by atoms with Crippen molar-refractivity contribution in [2.24, 2.45) is 0 Å². The van der Waals surface area contributed by atoms with Gasteiger partial charge in [0.05, 0.1) is 18.2 Å². The van der Waals surface area contributed by atoms with Crippen LogP contribution in [-0.4, -0.2) is 42.9 Å². The number of benzene rings is 2. The van der Waals surface area contributed by atoms with E-state index in [9.17, 15) is 14.0 Å². The van der Waals surface area contributed by atoms with Crippen LogP contribution in [0.4, 0.5) is 4.39 Å². The Balaban J connectivity index is 1.57. The van der Waals surface area contributed by atoms with Gasteiger partial charge in [-0.25, -0.2) is 4.39 Å². The molecule has 0 saturated carbocycles. The summed E-state index contributed by atoms with van der Waals surface area (Å²) in [6, 6.07) is 13.3. The Morgan fingerprint density at radius 3 is 2.43 bits per heavy atom. The molecule has 1 heterocycles. The number of carbonyl (C=O) groups excluding carboxylic acids is 2. The van der Waals surface area contributed by atoms with Crippen LogP contribution >= 0.6 is 11.6 Å². The molecule has 0 aromatic heterocycles. The van der Waals surface area contributed by atoms with Crippen molar-refractivity contribution in [2.45, 2.75) is 18.9 Å². The molecule has 3 rings (SSSR count). The molecule has 0 aliphatic carbocycles. The smallest absolute Gasteiger partial charge is 0.254 e. The molecule has 1 aliphatic heterocycles. The maximum Gasteiger partial charge on any atom is 0.254 e. The lowest BCUT2D eigenvalue weighted by molar-refractivity contribution is -0.120. The summed E-state index contributed by atoms with van der Waals surface area (Å²) in [4.78, 5) is 26.6. The molecule has 5 nitrogen and oxygen atoms in total. The largest absolute Gasteiger partial charge is 0.353 e. The van der Waals surface area contributed by atoms with E-state index in [1.54, 1.807) is 6.07 Å². The molecule has 1 saturated heterocycles. The average Bonchev–Trinajstić information content (AvgIpc) is 3.22. The van der Waals surface area contributed by atoms with E-state index in [-0.39, 0.29) is 24.1 Å². The van der Waals surface area contributed by atoms with Gasteiger partial charge in [0.25, 0.3) is 5.91 Å². The highest BCUT2D eigenvalue weighted by atomic mass is 35.5. The normalized spacial score (nSPS) is 15.2. The van der Waals surface area contributed by atoms with E-state index in [0.717, 1.165) is 31.5 Å². The Labute approximate surface area is 168 Å². The van der Waals surface area contributed by atoms with E-state index in [0.29, 0.717) is 11.6 Å². The first-order valence-electron chi connectivity index (χ1n) is 9.34. The molecule has 2 aromatic carbocycles. The molecule has 1 aliphatic rings. The first-order valence-corrected chi connectivity index (χ1v) is 9.72. The molecule has 0 spiro atoms. The number of hydrogen-bond donors (Lipinski definition) is 2. The Morgan fingerprint density at radius 2 is 1.71 bits per heavy atom. The first kappa shape index (κ1) is 20.3. The molecule has 2 aromatic rings. The van der Waals surface area contributed by atoms with E-state index in [1.807, 2.05) is 24.3 Å². The van der Waals surface area contributed by atoms with Gasteiger partial charge in [-0.3, -0.25) is 14.5 Å². The van der Waals surface area contributed by atoms with Crippen LogP contribution in [0.5, 0.6) is 0 Å². The van der Waals surface area contributed by atoms with E-state index >= 15 is 0 Å². The van der Waals surface area contributed by atoms with Gasteiger partial charge in [0, 0.05) is 11.6 Å². The number of nitrogens with zero attached hydrogens (tertiary/aromatic N) is 1. The van der Waals surface area contributed by atoms with Gasteiger partial charge in [-0.05, 0) is 49.7 Å². The molecule has 28 heavy (non-hydrogen) atoms. The van der Waals surface area contributed by atoms with Crippen LogP contribution in [0.15, 0.2) is 48.5 Å². The van der Waals surface area contributed by atoms with Gasteiger partial charge in [-0.15, -0.1) is 0 Å². The van der Waals surface area contributed by atoms with Gasteiger partial charge in [0.1, 0.15) is 5.82 Å². The number of nitrogens with one attached hydrogen (secondary N) is 2. The minimum atomic E-state index is -0.617. The second-order valence-electron chi connectivity index (χ2n) is 6.75. The lowest BCUT2D eigenvalue weighted by Crippen LogP contribution is -2.41. The number of likely N-dealkylation sites (tertiary alicyclic amines) is 1. The third-order valence-electron chi connectivity index (χ3n) is 4.87. The number of amides is 2. The Hall–Kier alpha value is -2.44. The van der Waals surface area contributed by atoms with Crippen molar-refractivity contribution in [1.82, 2.24) is 15.5 Å². The fraction of sp³-hybridized carbons (Fsp3) is 0.333. The summed E-state index contributed by atoms with van der Waals surface area (Å²) in [6.07, 6.45) is 2.24. The number of hydrogen-bond acceptors (Lipinski definition) is 3. The second-order valence-corrected chi connectivity index (χ2v) is 7.15. The summed E-state index contributed by atoms with van der Waals surface area (Å²) in [7, 11) is 0. The Bertz CT molecular complexity index is 840. The molecule has 1 fully saturated rings. The minimum absolute atomic E-state index is 0.0255. The molecule has 0 bridgehead atoms. The second kappa shape index (κ2) is 9.66. The highest BCUT2D eigenvalue weighted by Crippen LogP contribution is 2.29. The first-order chi connectivity index (χ1) is 13.6. The number of carbonyl (C=O) groups is 2. The van der Waals surface area contributed by atoms with Crippen LogP contribution in [0.2, 0.25) is 5.02 Å². The zero-order chi connectivity index (χ0) is 19.9. The van der Waals surface area contributed by atoms with E-state index in [1.165, 1.54) is 18.2 Å². The highest BCUT2D eigenvalue weighted by molar-refractivity contribution is 6.31. The van der Waals surface area contributed by atoms with Crippen molar-refractivity contribution >= 4 is 23.4 Å². The van der Waals surface area contributed by atoms with Crippen LogP contribution in [0, 0.1) is 5.82 Å². The fourth-order valence-corrected chi connectivity index (χ4v) is 3.67. The Kier molecular flexibility index (Phi) is 7.01.